The van der Waals surface area contributed by atoms with Gasteiger partial charge in [0.1, 0.15) is 5.67 Å². The van der Waals surface area contributed by atoms with Gasteiger partial charge in [0.2, 0.25) is 6.08 Å². The molecule has 2 rings (SSSR count). The molecule has 0 aliphatic heterocycles. The molecule has 4 nitrogen and oxygen atoms in total. The predicted octanol–water partition coefficient (Wildman–Crippen LogP) is 3.62. The molecule has 0 unspecified atom stereocenters. The number of alkyl halides is 1. The fraction of sp³-hybridized carbons (Fsp3) is 0.562. The lowest BCUT2D eigenvalue weighted by Gasteiger charge is -2.40. The van der Waals surface area contributed by atoms with Crippen molar-refractivity contribution in [2.45, 2.75) is 44.3 Å². The van der Waals surface area contributed by atoms with E-state index in [1.165, 1.54) is 28.1 Å². The highest BCUT2D eigenvalue weighted by Gasteiger charge is 2.43. The van der Waals surface area contributed by atoms with Crippen LogP contribution in [-0.2, 0) is 16.0 Å². The van der Waals surface area contributed by atoms with Crippen LogP contribution in [0.25, 0.3) is 0 Å². The van der Waals surface area contributed by atoms with Crippen molar-refractivity contribution >= 4 is 6.08 Å². The van der Waals surface area contributed by atoms with E-state index in [0.717, 1.165) is 6.42 Å². The number of nitrogens with zero attached hydrogens (tertiary/aromatic N) is 1. The van der Waals surface area contributed by atoms with Crippen molar-refractivity contribution in [1.82, 2.24) is 0 Å². The van der Waals surface area contributed by atoms with Crippen LogP contribution in [0.3, 0.4) is 0 Å². The first-order valence-corrected chi connectivity index (χ1v) is 6.93. The van der Waals surface area contributed by atoms with Gasteiger partial charge in [-0.25, -0.2) is 9.18 Å². The molecule has 114 valence electrons. The molecule has 21 heavy (non-hydrogen) atoms. The Hall–Kier alpha value is -1.87. The third-order valence-corrected chi connectivity index (χ3v) is 4.11. The molecule has 0 N–H and O–H groups in total. The molecular formula is C16H20FNO3. The molecule has 1 aromatic rings. The number of isocyanates is 1. The second-order valence-electron chi connectivity index (χ2n) is 5.81. The van der Waals surface area contributed by atoms with Crippen LogP contribution in [-0.4, -0.2) is 20.3 Å². The van der Waals surface area contributed by atoms with Crippen molar-refractivity contribution in [3.8, 4) is 11.5 Å². The highest BCUT2D eigenvalue weighted by Crippen LogP contribution is 2.50. The Morgan fingerprint density at radius 1 is 1.24 bits per heavy atom. The van der Waals surface area contributed by atoms with Gasteiger partial charge in [0.15, 0.2) is 11.5 Å². The molecule has 0 aromatic heterocycles. The number of benzene rings is 1. The minimum Gasteiger partial charge on any atom is -0.493 e. The summed E-state index contributed by atoms with van der Waals surface area (Å²) in [5.74, 6) is 0.972. The zero-order valence-corrected chi connectivity index (χ0v) is 12.8. The van der Waals surface area contributed by atoms with E-state index >= 15 is 0 Å². The smallest absolute Gasteiger partial charge is 0.235 e. The van der Waals surface area contributed by atoms with Gasteiger partial charge in [0.25, 0.3) is 0 Å². The van der Waals surface area contributed by atoms with Crippen LogP contribution >= 0.6 is 0 Å². The summed E-state index contributed by atoms with van der Waals surface area (Å²) in [7, 11) is 3.04. The molecule has 1 saturated carbocycles. The van der Waals surface area contributed by atoms with Gasteiger partial charge in [-0.3, -0.25) is 0 Å². The van der Waals surface area contributed by atoms with E-state index in [0.29, 0.717) is 35.5 Å². The average molecular weight is 293 g/mol. The Morgan fingerprint density at radius 2 is 1.81 bits per heavy atom. The Bertz CT molecular complexity index is 582. The summed E-state index contributed by atoms with van der Waals surface area (Å²) >= 11 is 0. The minimum absolute atomic E-state index is 0.464. The summed E-state index contributed by atoms with van der Waals surface area (Å²) in [5, 5.41) is 0. The SMILES string of the molecule is COc1cc(C(C)(C)F)c(C2(N=C=O)CCC2)cc1OC. The number of hydrogen-bond donors (Lipinski definition) is 0. The molecule has 0 heterocycles. The topological polar surface area (TPSA) is 47.9 Å². The van der Waals surface area contributed by atoms with E-state index < -0.39 is 11.2 Å². The maximum Gasteiger partial charge on any atom is 0.235 e. The molecule has 0 amide bonds. The average Bonchev–Trinajstić information content (AvgIpc) is 2.40. The van der Waals surface area contributed by atoms with Crippen LogP contribution in [0.5, 0.6) is 11.5 Å². The molecule has 1 aliphatic carbocycles. The summed E-state index contributed by atoms with van der Waals surface area (Å²) in [5.41, 5.74) is -1.10. The zero-order valence-electron chi connectivity index (χ0n) is 12.8. The van der Waals surface area contributed by atoms with E-state index in [9.17, 15) is 9.18 Å². The van der Waals surface area contributed by atoms with Gasteiger partial charge in [0, 0.05) is 0 Å². The van der Waals surface area contributed by atoms with E-state index in [1.54, 1.807) is 18.2 Å². The summed E-state index contributed by atoms with van der Waals surface area (Å²) in [4.78, 5) is 14.8. The largest absolute Gasteiger partial charge is 0.493 e. The number of rotatable bonds is 5. The number of aliphatic imine (C=N–C) groups is 1. The second kappa shape index (κ2) is 5.49. The van der Waals surface area contributed by atoms with E-state index in [4.69, 9.17) is 9.47 Å². The van der Waals surface area contributed by atoms with Crippen LogP contribution in [0, 0.1) is 0 Å². The molecule has 0 spiro atoms. The number of carbonyl (C=O) groups excluding carboxylic acids is 1. The Kier molecular flexibility index (Phi) is 4.06. The van der Waals surface area contributed by atoms with Crippen molar-refractivity contribution in [2.24, 2.45) is 4.99 Å². The third kappa shape index (κ3) is 2.66. The lowest BCUT2D eigenvalue weighted by molar-refractivity contribution is 0.200. The number of ether oxygens (including phenoxy) is 2. The van der Waals surface area contributed by atoms with E-state index in [2.05, 4.69) is 4.99 Å². The molecule has 0 radical (unpaired) electrons. The fourth-order valence-corrected chi connectivity index (χ4v) is 2.80. The van der Waals surface area contributed by atoms with Gasteiger partial charge < -0.3 is 9.47 Å². The Balaban J connectivity index is 2.70. The van der Waals surface area contributed by atoms with Crippen LogP contribution in [0.1, 0.15) is 44.2 Å². The number of hydrogen-bond acceptors (Lipinski definition) is 4. The fourth-order valence-electron chi connectivity index (χ4n) is 2.80. The third-order valence-electron chi connectivity index (χ3n) is 4.11. The van der Waals surface area contributed by atoms with Crippen LogP contribution in [0.2, 0.25) is 0 Å². The summed E-state index contributed by atoms with van der Waals surface area (Å²) < 4.78 is 25.2. The summed E-state index contributed by atoms with van der Waals surface area (Å²) in [6, 6.07) is 3.37. The van der Waals surface area contributed by atoms with Crippen molar-refractivity contribution in [2.75, 3.05) is 14.2 Å². The van der Waals surface area contributed by atoms with Crippen molar-refractivity contribution in [3.05, 3.63) is 23.3 Å². The molecule has 1 fully saturated rings. The first-order chi connectivity index (χ1) is 9.88. The van der Waals surface area contributed by atoms with Gasteiger partial charge in [-0.1, -0.05) is 0 Å². The van der Waals surface area contributed by atoms with Gasteiger partial charge in [-0.2, -0.15) is 4.99 Å². The molecule has 1 aromatic carbocycles. The quantitative estimate of drug-likeness (QED) is 0.615. The maximum absolute atomic E-state index is 14.6. The maximum atomic E-state index is 14.6. The predicted molar refractivity (Wildman–Crippen MR) is 77.3 cm³/mol. The normalized spacial score (nSPS) is 16.6. The van der Waals surface area contributed by atoms with E-state index in [1.807, 2.05) is 0 Å². The second-order valence-corrected chi connectivity index (χ2v) is 5.81. The summed E-state index contributed by atoms with van der Waals surface area (Å²) in [6.07, 6.45) is 4.00. The van der Waals surface area contributed by atoms with Gasteiger partial charge >= 0.3 is 0 Å². The van der Waals surface area contributed by atoms with Gasteiger partial charge in [-0.05, 0) is 56.4 Å². The van der Waals surface area contributed by atoms with Crippen molar-refractivity contribution in [3.63, 3.8) is 0 Å². The Morgan fingerprint density at radius 3 is 2.19 bits per heavy atom. The molecule has 5 heteroatoms. The van der Waals surface area contributed by atoms with Gasteiger partial charge in [-0.15, -0.1) is 0 Å². The summed E-state index contributed by atoms with van der Waals surface area (Å²) in [6.45, 7) is 2.96. The van der Waals surface area contributed by atoms with Crippen molar-refractivity contribution < 1.29 is 18.7 Å². The van der Waals surface area contributed by atoms with E-state index in [-0.39, 0.29) is 0 Å². The molecule has 0 bridgehead atoms. The lowest BCUT2D eigenvalue weighted by atomic mass is 9.69. The van der Waals surface area contributed by atoms with Crippen LogP contribution in [0.15, 0.2) is 17.1 Å². The molecule has 1 aliphatic rings. The number of halogens is 1. The highest BCUT2D eigenvalue weighted by molar-refractivity contribution is 5.53. The zero-order chi connectivity index (χ0) is 15.7. The van der Waals surface area contributed by atoms with Crippen LogP contribution in [0.4, 0.5) is 4.39 Å². The molecule has 0 atom stereocenters. The first-order valence-electron chi connectivity index (χ1n) is 6.93. The molecule has 0 saturated heterocycles. The lowest BCUT2D eigenvalue weighted by Crippen LogP contribution is -2.34. The first kappa shape index (κ1) is 15.5. The Labute approximate surface area is 124 Å². The molecular weight excluding hydrogens is 273 g/mol. The monoisotopic (exact) mass is 293 g/mol. The standard InChI is InChI=1S/C16H20FNO3/c1-15(2,17)11-8-13(20-3)14(21-4)9-12(11)16(18-10-19)6-5-7-16/h8-9H,5-7H2,1-4H3. The highest BCUT2D eigenvalue weighted by atomic mass is 19.1. The van der Waals surface area contributed by atoms with Crippen molar-refractivity contribution in [1.29, 1.82) is 0 Å². The van der Waals surface area contributed by atoms with Crippen LogP contribution < -0.4 is 9.47 Å². The van der Waals surface area contributed by atoms with Gasteiger partial charge in [0.05, 0.1) is 19.8 Å². The minimum atomic E-state index is -1.57. The number of methoxy groups -OCH3 is 2.